The van der Waals surface area contributed by atoms with Crippen LogP contribution in [0.25, 0.3) is 0 Å². The highest BCUT2D eigenvalue weighted by atomic mass is 19.4. The lowest BCUT2D eigenvalue weighted by Gasteiger charge is -2.42. The minimum atomic E-state index is -4.39. The van der Waals surface area contributed by atoms with E-state index in [1.807, 2.05) is 30.3 Å². The fraction of sp³-hybridized carbons (Fsp3) is 0.581. The van der Waals surface area contributed by atoms with E-state index in [0.29, 0.717) is 30.1 Å². The van der Waals surface area contributed by atoms with Crippen LogP contribution in [0, 0.1) is 12.8 Å². The minimum absolute atomic E-state index is 0.0292. The van der Waals surface area contributed by atoms with Gasteiger partial charge in [-0.1, -0.05) is 42.0 Å². The van der Waals surface area contributed by atoms with Gasteiger partial charge in [-0.15, -0.1) is 0 Å². The molecule has 2 aliphatic rings. The van der Waals surface area contributed by atoms with Crippen LogP contribution in [0.1, 0.15) is 60.4 Å². The summed E-state index contributed by atoms with van der Waals surface area (Å²) in [6.45, 7) is 5.83. The van der Waals surface area contributed by atoms with Gasteiger partial charge in [0.2, 0.25) is 5.91 Å². The number of amides is 1. The van der Waals surface area contributed by atoms with Gasteiger partial charge < -0.3 is 10.0 Å². The standard InChI is InChI=1S/C31H42F3N3O2/c1-23-19-25(21-27(20-23)31(32,33)34)11-15-35(2)30(39)29(26-7-4-3-5-8-26)36-16-12-28(13-17-36)37(14-6-18-38)22-24-9-10-24/h3-5,7-8,19-21,24,28-29,38H,6,9-18,22H2,1-2H3/t29-/m0/s1. The van der Waals surface area contributed by atoms with Crippen LogP contribution < -0.4 is 0 Å². The third-order valence-corrected chi connectivity index (χ3v) is 8.10. The normalized spacial score (nSPS) is 17.9. The van der Waals surface area contributed by atoms with Crippen molar-refractivity contribution in [3.05, 3.63) is 70.8 Å². The summed E-state index contributed by atoms with van der Waals surface area (Å²) in [6.07, 6.45) is 1.30. The van der Waals surface area contributed by atoms with Gasteiger partial charge in [0.15, 0.2) is 0 Å². The number of halogens is 3. The second kappa shape index (κ2) is 13.3. The highest BCUT2D eigenvalue weighted by Crippen LogP contribution is 2.34. The number of likely N-dealkylation sites (N-methyl/N-ethyl adjacent to an activating group) is 1. The van der Waals surface area contributed by atoms with E-state index >= 15 is 0 Å². The lowest BCUT2D eigenvalue weighted by molar-refractivity contribution is -0.138. The summed E-state index contributed by atoms with van der Waals surface area (Å²) in [5.41, 5.74) is 1.44. The smallest absolute Gasteiger partial charge is 0.396 e. The topological polar surface area (TPSA) is 47.0 Å². The van der Waals surface area contributed by atoms with Crippen molar-refractivity contribution in [1.29, 1.82) is 0 Å². The summed E-state index contributed by atoms with van der Waals surface area (Å²) in [6, 6.07) is 13.9. The Hall–Kier alpha value is -2.42. The molecule has 1 N–H and O–H groups in total. The number of benzene rings is 2. The van der Waals surface area contributed by atoms with Crippen LogP contribution in [0.5, 0.6) is 0 Å². The molecule has 214 valence electrons. The molecule has 1 saturated carbocycles. The van der Waals surface area contributed by atoms with E-state index in [9.17, 15) is 23.1 Å². The van der Waals surface area contributed by atoms with Crippen molar-refractivity contribution < 1.29 is 23.1 Å². The Kier molecular flexibility index (Phi) is 10.1. The van der Waals surface area contributed by atoms with E-state index < -0.39 is 17.8 Å². The second-order valence-electron chi connectivity index (χ2n) is 11.3. The number of hydrogen-bond acceptors (Lipinski definition) is 4. The maximum absolute atomic E-state index is 13.8. The third kappa shape index (κ3) is 8.29. The number of aliphatic hydroxyl groups excluding tert-OH is 1. The van der Waals surface area contributed by atoms with E-state index in [4.69, 9.17) is 0 Å². The van der Waals surface area contributed by atoms with Gasteiger partial charge in [-0.25, -0.2) is 0 Å². The molecule has 2 aromatic rings. The molecule has 2 fully saturated rings. The van der Waals surface area contributed by atoms with E-state index in [2.05, 4.69) is 9.80 Å². The number of alkyl halides is 3. The fourth-order valence-corrected chi connectivity index (χ4v) is 5.77. The molecule has 1 amide bonds. The van der Waals surface area contributed by atoms with E-state index in [1.54, 1.807) is 24.9 Å². The summed E-state index contributed by atoms with van der Waals surface area (Å²) < 4.78 is 39.9. The molecule has 1 saturated heterocycles. The average Bonchev–Trinajstić information content (AvgIpc) is 3.74. The predicted octanol–water partition coefficient (Wildman–Crippen LogP) is 5.31. The number of likely N-dealkylation sites (tertiary alicyclic amines) is 1. The van der Waals surface area contributed by atoms with Crippen LogP contribution in [0.3, 0.4) is 0 Å². The Morgan fingerprint density at radius 3 is 2.36 bits per heavy atom. The van der Waals surface area contributed by atoms with Crippen molar-refractivity contribution in [3.63, 3.8) is 0 Å². The molecule has 0 radical (unpaired) electrons. The predicted molar refractivity (Wildman–Crippen MR) is 147 cm³/mol. The number of carbonyl (C=O) groups excluding carboxylic acids is 1. The van der Waals surface area contributed by atoms with Crippen LogP contribution in [0.4, 0.5) is 13.2 Å². The summed E-state index contributed by atoms with van der Waals surface area (Å²) in [5, 5.41) is 9.37. The molecule has 5 nitrogen and oxygen atoms in total. The maximum Gasteiger partial charge on any atom is 0.416 e. The molecule has 0 bridgehead atoms. The number of nitrogens with zero attached hydrogens (tertiary/aromatic N) is 3. The van der Waals surface area contributed by atoms with Crippen LogP contribution in [-0.4, -0.2) is 78.1 Å². The average molecular weight is 546 g/mol. The van der Waals surface area contributed by atoms with Gasteiger partial charge in [0.1, 0.15) is 6.04 Å². The van der Waals surface area contributed by atoms with E-state index in [-0.39, 0.29) is 12.5 Å². The van der Waals surface area contributed by atoms with Gasteiger partial charge in [-0.05, 0) is 74.6 Å². The number of piperidine rings is 1. The van der Waals surface area contributed by atoms with Gasteiger partial charge >= 0.3 is 6.18 Å². The van der Waals surface area contributed by atoms with Gasteiger partial charge in [0.25, 0.3) is 0 Å². The number of aliphatic hydroxyl groups is 1. The molecule has 2 aromatic carbocycles. The van der Waals surface area contributed by atoms with Crippen molar-refractivity contribution in [2.24, 2.45) is 5.92 Å². The second-order valence-corrected chi connectivity index (χ2v) is 11.3. The van der Waals surface area contributed by atoms with Crippen molar-refractivity contribution in [2.45, 2.75) is 63.7 Å². The van der Waals surface area contributed by atoms with Crippen molar-refractivity contribution in [1.82, 2.24) is 14.7 Å². The van der Waals surface area contributed by atoms with Crippen LogP contribution in [0.2, 0.25) is 0 Å². The Bertz CT molecular complexity index is 1070. The first kappa shape index (κ1) is 29.6. The number of rotatable bonds is 12. The first-order chi connectivity index (χ1) is 18.7. The first-order valence-electron chi connectivity index (χ1n) is 14.2. The molecule has 0 unspecified atom stereocenters. The number of aryl methyl sites for hydroxylation is 1. The maximum atomic E-state index is 13.8. The lowest BCUT2D eigenvalue weighted by atomic mass is 9.96. The molecular formula is C31H42F3N3O2. The van der Waals surface area contributed by atoms with Crippen molar-refractivity contribution in [3.8, 4) is 0 Å². The highest BCUT2D eigenvalue weighted by Gasteiger charge is 2.36. The first-order valence-corrected chi connectivity index (χ1v) is 14.2. The Morgan fingerprint density at radius 1 is 1.05 bits per heavy atom. The molecule has 1 aliphatic carbocycles. The van der Waals surface area contributed by atoms with Crippen LogP contribution in [-0.2, 0) is 17.4 Å². The molecule has 4 rings (SSSR count). The molecule has 1 heterocycles. The van der Waals surface area contributed by atoms with Crippen LogP contribution >= 0.6 is 0 Å². The molecule has 8 heteroatoms. The Morgan fingerprint density at radius 2 is 1.74 bits per heavy atom. The van der Waals surface area contributed by atoms with Crippen LogP contribution in [0.15, 0.2) is 48.5 Å². The summed E-state index contributed by atoms with van der Waals surface area (Å²) in [4.78, 5) is 20.3. The van der Waals surface area contributed by atoms with E-state index in [1.165, 1.54) is 18.9 Å². The van der Waals surface area contributed by atoms with Gasteiger partial charge in [-0.2, -0.15) is 13.2 Å². The Balaban J connectivity index is 1.42. The largest absolute Gasteiger partial charge is 0.416 e. The third-order valence-electron chi connectivity index (χ3n) is 8.10. The molecule has 1 atom stereocenters. The van der Waals surface area contributed by atoms with Crippen molar-refractivity contribution >= 4 is 5.91 Å². The monoisotopic (exact) mass is 545 g/mol. The summed E-state index contributed by atoms with van der Waals surface area (Å²) >= 11 is 0. The zero-order chi connectivity index (χ0) is 28.0. The highest BCUT2D eigenvalue weighted by molar-refractivity contribution is 5.83. The van der Waals surface area contributed by atoms with E-state index in [0.717, 1.165) is 63.0 Å². The van der Waals surface area contributed by atoms with Gasteiger partial charge in [0.05, 0.1) is 5.56 Å². The summed E-state index contributed by atoms with van der Waals surface area (Å²) in [7, 11) is 1.75. The lowest BCUT2D eigenvalue weighted by Crippen LogP contribution is -2.50. The van der Waals surface area contributed by atoms with Gasteiger partial charge in [-0.3, -0.25) is 14.6 Å². The minimum Gasteiger partial charge on any atom is -0.396 e. The molecule has 0 aromatic heterocycles. The number of hydrogen-bond donors (Lipinski definition) is 1. The Labute approximate surface area is 230 Å². The molecule has 0 spiro atoms. The fourth-order valence-electron chi connectivity index (χ4n) is 5.77. The zero-order valence-electron chi connectivity index (χ0n) is 23.2. The molecule has 1 aliphatic heterocycles. The molecule has 39 heavy (non-hydrogen) atoms. The van der Waals surface area contributed by atoms with Gasteiger partial charge in [0, 0.05) is 52.4 Å². The number of carbonyl (C=O) groups is 1. The van der Waals surface area contributed by atoms with Crippen molar-refractivity contribution in [2.75, 3.05) is 46.4 Å². The molecular weight excluding hydrogens is 503 g/mol. The SMILES string of the molecule is Cc1cc(CCN(C)C(=O)[C@H](c2ccccc2)N2CCC(N(CCCO)CC3CC3)CC2)cc(C(F)(F)F)c1. The summed E-state index contributed by atoms with van der Waals surface area (Å²) in [5.74, 6) is 0.757. The quantitative estimate of drug-likeness (QED) is 0.393. The zero-order valence-corrected chi connectivity index (χ0v) is 23.2.